The molecule has 118 valence electrons. The number of alkyl halides is 1. The maximum absolute atomic E-state index is 13.1. The lowest BCUT2D eigenvalue weighted by Gasteiger charge is -2.23. The molecule has 1 atom stereocenters. The number of halogens is 2. The summed E-state index contributed by atoms with van der Waals surface area (Å²) in [6.45, 7) is 1.82. The second-order valence-corrected chi connectivity index (χ2v) is 5.96. The smallest absolute Gasteiger partial charge is 0.376 e. The molecule has 0 aliphatic rings. The minimum absolute atomic E-state index is 0.0164. The molecule has 0 saturated heterocycles. The number of amides is 1. The molecule has 1 heterocycles. The summed E-state index contributed by atoms with van der Waals surface area (Å²) >= 11 is 6.67. The molecular weight excluding hydrogens is 321 g/mol. The Kier molecular flexibility index (Phi) is 3.69. The van der Waals surface area contributed by atoms with E-state index in [1.807, 2.05) is 13.0 Å². The molecule has 3 aromatic rings. The van der Waals surface area contributed by atoms with Crippen LogP contribution in [-0.2, 0) is 4.87 Å². The Morgan fingerprint density at radius 3 is 2.57 bits per heavy atom. The number of ether oxygens (including phenoxy) is 1. The molecule has 0 radical (unpaired) electrons. The van der Waals surface area contributed by atoms with E-state index in [9.17, 15) is 9.18 Å². The van der Waals surface area contributed by atoms with Crippen molar-refractivity contribution < 1.29 is 13.9 Å². The van der Waals surface area contributed by atoms with Gasteiger partial charge in [0.1, 0.15) is 5.82 Å². The third kappa shape index (κ3) is 2.98. The highest BCUT2D eigenvalue weighted by molar-refractivity contribution is 6.25. The number of hydrogen-bond donors (Lipinski definition) is 2. The number of carbonyl (C=O) groups excluding carboxylic acids is 1. The van der Waals surface area contributed by atoms with Crippen LogP contribution < -0.4 is 10.5 Å². The van der Waals surface area contributed by atoms with Crippen molar-refractivity contribution in [3.63, 3.8) is 0 Å². The quantitative estimate of drug-likeness (QED) is 0.718. The number of aromatic amines is 1. The van der Waals surface area contributed by atoms with Crippen molar-refractivity contribution in [3.8, 4) is 6.01 Å². The number of nitrogens with two attached hydrogens (primary N) is 1. The van der Waals surface area contributed by atoms with Crippen LogP contribution in [0.1, 0.15) is 18.1 Å². The van der Waals surface area contributed by atoms with Crippen molar-refractivity contribution in [2.24, 2.45) is 5.73 Å². The highest BCUT2D eigenvalue weighted by Gasteiger charge is 2.26. The molecule has 5 nitrogen and oxygen atoms in total. The summed E-state index contributed by atoms with van der Waals surface area (Å²) in [6, 6.07) is 11.4. The Hall–Kier alpha value is -2.60. The summed E-state index contributed by atoms with van der Waals surface area (Å²) < 4.78 is 17.8. The molecular formula is C16H13ClFN3O2. The monoisotopic (exact) mass is 333 g/mol. The van der Waals surface area contributed by atoms with Gasteiger partial charge in [-0.15, -0.1) is 11.6 Å². The maximum atomic E-state index is 13.1. The van der Waals surface area contributed by atoms with Crippen molar-refractivity contribution in [1.82, 2.24) is 9.97 Å². The van der Waals surface area contributed by atoms with E-state index in [1.165, 1.54) is 12.1 Å². The molecule has 1 amide bonds. The van der Waals surface area contributed by atoms with Crippen molar-refractivity contribution >= 4 is 28.7 Å². The average molecular weight is 334 g/mol. The molecule has 0 fully saturated rings. The van der Waals surface area contributed by atoms with Crippen LogP contribution in [0, 0.1) is 5.82 Å². The first-order chi connectivity index (χ1) is 10.9. The van der Waals surface area contributed by atoms with Gasteiger partial charge in [0.05, 0.1) is 15.9 Å². The Balaban J connectivity index is 2.01. The van der Waals surface area contributed by atoms with Gasteiger partial charge in [-0.3, -0.25) is 0 Å². The van der Waals surface area contributed by atoms with Crippen molar-refractivity contribution in [2.75, 3.05) is 0 Å². The third-order valence-corrected chi connectivity index (χ3v) is 4.02. The van der Waals surface area contributed by atoms with Gasteiger partial charge in [-0.2, -0.15) is 4.98 Å². The third-order valence-electron chi connectivity index (χ3n) is 3.59. The van der Waals surface area contributed by atoms with E-state index in [4.69, 9.17) is 22.1 Å². The Labute approximate surface area is 136 Å². The van der Waals surface area contributed by atoms with Crippen LogP contribution >= 0.6 is 11.6 Å². The molecule has 3 rings (SSSR count). The van der Waals surface area contributed by atoms with Crippen LogP contribution in [0.5, 0.6) is 6.01 Å². The standard InChI is InChI=1S/C16H13ClFN3O2/c1-16(17,9-2-5-11(18)6-3-9)10-4-7-12-13(8-10)21-15(20-12)23-14(19)22/h2-8H,1H3,(H2,19,22)(H,20,21). The highest BCUT2D eigenvalue weighted by atomic mass is 35.5. The first kappa shape index (κ1) is 15.3. The van der Waals surface area contributed by atoms with Gasteiger partial charge in [0, 0.05) is 0 Å². The van der Waals surface area contributed by atoms with Gasteiger partial charge in [-0.05, 0) is 42.3 Å². The van der Waals surface area contributed by atoms with Crippen LogP contribution in [0.4, 0.5) is 9.18 Å². The maximum Gasteiger partial charge on any atom is 0.412 e. The number of fused-ring (bicyclic) bond motifs is 1. The summed E-state index contributed by atoms with van der Waals surface area (Å²) in [4.78, 5) is 16.9. The van der Waals surface area contributed by atoms with Gasteiger partial charge in [-0.1, -0.05) is 18.2 Å². The minimum Gasteiger partial charge on any atom is -0.376 e. The number of hydrogen-bond acceptors (Lipinski definition) is 3. The van der Waals surface area contributed by atoms with Crippen molar-refractivity contribution in [2.45, 2.75) is 11.8 Å². The molecule has 2 aromatic carbocycles. The number of nitrogens with one attached hydrogen (secondary N) is 1. The fourth-order valence-electron chi connectivity index (χ4n) is 2.35. The molecule has 0 aliphatic heterocycles. The van der Waals surface area contributed by atoms with Crippen LogP contribution in [0.25, 0.3) is 11.0 Å². The molecule has 7 heteroatoms. The second-order valence-electron chi connectivity index (χ2n) is 5.20. The van der Waals surface area contributed by atoms with Crippen LogP contribution in [-0.4, -0.2) is 16.1 Å². The van der Waals surface area contributed by atoms with Gasteiger partial charge in [0.25, 0.3) is 0 Å². The van der Waals surface area contributed by atoms with Crippen LogP contribution in [0.2, 0.25) is 0 Å². The number of rotatable bonds is 3. The molecule has 1 unspecified atom stereocenters. The summed E-state index contributed by atoms with van der Waals surface area (Å²) in [5, 5.41) is 0. The van der Waals surface area contributed by atoms with Gasteiger partial charge in [0.15, 0.2) is 0 Å². The molecule has 3 N–H and O–H groups in total. The zero-order valence-electron chi connectivity index (χ0n) is 12.1. The Morgan fingerprint density at radius 2 is 1.91 bits per heavy atom. The van der Waals surface area contributed by atoms with Gasteiger partial charge in [-0.25, -0.2) is 9.18 Å². The average Bonchev–Trinajstić information content (AvgIpc) is 2.87. The fourth-order valence-corrected chi connectivity index (χ4v) is 2.59. The zero-order chi connectivity index (χ0) is 16.6. The number of imidazole rings is 1. The molecule has 0 spiro atoms. The van der Waals surface area contributed by atoms with Crippen molar-refractivity contribution in [1.29, 1.82) is 0 Å². The zero-order valence-corrected chi connectivity index (χ0v) is 12.9. The lowest BCUT2D eigenvalue weighted by Crippen LogP contribution is -2.16. The Bertz CT molecular complexity index is 875. The summed E-state index contributed by atoms with van der Waals surface area (Å²) in [7, 11) is 0. The van der Waals surface area contributed by atoms with E-state index in [1.54, 1.807) is 24.3 Å². The topological polar surface area (TPSA) is 81.0 Å². The summed E-state index contributed by atoms with van der Waals surface area (Å²) in [6.07, 6.45) is -0.947. The Morgan fingerprint density at radius 1 is 1.26 bits per heavy atom. The second kappa shape index (κ2) is 5.55. The van der Waals surface area contributed by atoms with Crippen LogP contribution in [0.3, 0.4) is 0 Å². The lowest BCUT2D eigenvalue weighted by molar-refractivity contribution is 0.207. The SMILES string of the molecule is CC(Cl)(c1ccc(F)cc1)c1ccc2nc(OC(N)=O)[nH]c2c1. The number of benzene rings is 2. The van der Waals surface area contributed by atoms with E-state index in [-0.39, 0.29) is 11.8 Å². The summed E-state index contributed by atoms with van der Waals surface area (Å²) in [5.74, 6) is -0.321. The predicted octanol–water partition coefficient (Wildman–Crippen LogP) is 3.66. The molecule has 23 heavy (non-hydrogen) atoms. The van der Waals surface area contributed by atoms with E-state index >= 15 is 0 Å². The first-order valence-electron chi connectivity index (χ1n) is 6.79. The van der Waals surface area contributed by atoms with Crippen molar-refractivity contribution in [3.05, 3.63) is 59.4 Å². The summed E-state index contributed by atoms with van der Waals surface area (Å²) in [5.41, 5.74) is 7.76. The molecule has 0 bridgehead atoms. The molecule has 1 aromatic heterocycles. The van der Waals surface area contributed by atoms with E-state index < -0.39 is 11.0 Å². The molecule has 0 saturated carbocycles. The fraction of sp³-hybridized carbons (Fsp3) is 0.125. The number of carbonyl (C=O) groups is 1. The normalized spacial score (nSPS) is 13.7. The van der Waals surface area contributed by atoms with E-state index in [2.05, 4.69) is 9.97 Å². The highest BCUT2D eigenvalue weighted by Crippen LogP contribution is 2.37. The van der Waals surface area contributed by atoms with E-state index in [0.717, 1.165) is 11.1 Å². The minimum atomic E-state index is -0.947. The number of nitrogens with zero attached hydrogens (tertiary/aromatic N) is 1. The van der Waals surface area contributed by atoms with Crippen LogP contribution in [0.15, 0.2) is 42.5 Å². The number of aromatic nitrogens is 2. The number of primary amides is 1. The lowest BCUT2D eigenvalue weighted by atomic mass is 9.92. The number of H-pyrrole nitrogens is 1. The first-order valence-corrected chi connectivity index (χ1v) is 7.16. The van der Waals surface area contributed by atoms with E-state index in [0.29, 0.717) is 11.0 Å². The van der Waals surface area contributed by atoms with Gasteiger partial charge >= 0.3 is 12.1 Å². The van der Waals surface area contributed by atoms with Gasteiger partial charge < -0.3 is 15.5 Å². The largest absolute Gasteiger partial charge is 0.412 e. The predicted molar refractivity (Wildman–Crippen MR) is 85.0 cm³/mol. The van der Waals surface area contributed by atoms with Gasteiger partial charge in [0.2, 0.25) is 0 Å². The molecule has 0 aliphatic carbocycles.